The summed E-state index contributed by atoms with van der Waals surface area (Å²) in [5, 5.41) is 12.2. The van der Waals surface area contributed by atoms with E-state index in [0.717, 1.165) is 55.6 Å². The molecule has 0 saturated heterocycles. The second-order valence-electron chi connectivity index (χ2n) is 14.0. The first kappa shape index (κ1) is 31.7. The molecule has 1 heterocycles. The Balaban J connectivity index is 2.20. The molecule has 5 nitrogen and oxygen atoms in total. The average molecular weight is 559 g/mol. The molecule has 1 aliphatic carbocycles. The highest BCUT2D eigenvalue weighted by Crippen LogP contribution is 2.56. The number of carbonyl (C=O) groups is 1. The van der Waals surface area contributed by atoms with E-state index in [1.165, 1.54) is 5.57 Å². The van der Waals surface area contributed by atoms with Crippen LogP contribution in [-0.4, -0.2) is 31.6 Å². The molecule has 1 aliphatic heterocycles. The quantitative estimate of drug-likeness (QED) is 0.127. The maximum Gasteiger partial charge on any atom is 0.309 e. The number of aliphatic hydroxyl groups is 1. The van der Waals surface area contributed by atoms with E-state index in [-0.39, 0.29) is 28.9 Å². The van der Waals surface area contributed by atoms with Crippen molar-refractivity contribution in [3.8, 4) is 11.5 Å². The van der Waals surface area contributed by atoms with Gasteiger partial charge in [0.2, 0.25) is 8.32 Å². The Bertz CT molecular complexity index is 1050. The molecular weight excluding hydrogens is 504 g/mol. The van der Waals surface area contributed by atoms with Gasteiger partial charge in [-0.3, -0.25) is 4.79 Å². The maximum absolute atomic E-state index is 12.7. The number of esters is 1. The minimum atomic E-state index is -2.22. The Labute approximate surface area is 238 Å². The van der Waals surface area contributed by atoms with Gasteiger partial charge in [-0.25, -0.2) is 0 Å². The predicted molar refractivity (Wildman–Crippen MR) is 162 cm³/mol. The highest BCUT2D eigenvalue weighted by atomic mass is 28.4. The number of hydrogen-bond acceptors (Lipinski definition) is 5. The van der Waals surface area contributed by atoms with E-state index in [1.54, 1.807) is 6.92 Å². The van der Waals surface area contributed by atoms with Crippen LogP contribution in [0.5, 0.6) is 11.5 Å². The zero-order chi connectivity index (χ0) is 29.2. The van der Waals surface area contributed by atoms with E-state index in [4.69, 9.17) is 13.9 Å². The van der Waals surface area contributed by atoms with Crippen molar-refractivity contribution >= 4 is 14.3 Å². The summed E-state index contributed by atoms with van der Waals surface area (Å²) in [7, 11) is -2.22. The van der Waals surface area contributed by atoms with Crippen molar-refractivity contribution in [3.05, 3.63) is 34.9 Å². The summed E-state index contributed by atoms with van der Waals surface area (Å²) in [5.41, 5.74) is 1.51. The van der Waals surface area contributed by atoms with Gasteiger partial charge in [0, 0.05) is 17.4 Å². The second-order valence-corrected chi connectivity index (χ2v) is 18.7. The first-order valence-corrected chi connectivity index (χ1v) is 18.1. The second kappa shape index (κ2) is 12.0. The molecule has 3 rings (SSSR count). The molecule has 1 aromatic carbocycles. The van der Waals surface area contributed by atoms with E-state index < -0.39 is 13.9 Å². The van der Waals surface area contributed by atoms with Crippen molar-refractivity contribution in [2.75, 3.05) is 6.61 Å². The molecule has 0 saturated carbocycles. The molecule has 0 fully saturated rings. The Morgan fingerprint density at radius 2 is 1.85 bits per heavy atom. The third-order valence-electron chi connectivity index (χ3n) is 9.38. The fraction of sp³-hybridized carbons (Fsp3) is 0.727. The van der Waals surface area contributed by atoms with Gasteiger partial charge in [0.15, 0.2) is 0 Å². The van der Waals surface area contributed by atoms with Crippen LogP contribution in [-0.2, 0) is 15.1 Å². The molecule has 39 heavy (non-hydrogen) atoms. The molecule has 0 spiro atoms. The van der Waals surface area contributed by atoms with Crippen LogP contribution in [0, 0.1) is 5.92 Å². The van der Waals surface area contributed by atoms with Crippen LogP contribution in [0.1, 0.15) is 124 Å². The monoisotopic (exact) mass is 558 g/mol. The summed E-state index contributed by atoms with van der Waals surface area (Å²) in [5.74, 6) is 1.86. The summed E-state index contributed by atoms with van der Waals surface area (Å²) in [6.07, 6.45) is 8.78. The van der Waals surface area contributed by atoms with Gasteiger partial charge < -0.3 is 19.0 Å². The zero-order valence-corrected chi connectivity index (χ0v) is 27.3. The third-order valence-corrected chi connectivity index (χ3v) is 13.7. The summed E-state index contributed by atoms with van der Waals surface area (Å²) in [6, 6.07) is 4.03. The lowest BCUT2D eigenvalue weighted by atomic mass is 9.67. The molecule has 0 bridgehead atoms. The van der Waals surface area contributed by atoms with Crippen LogP contribution >= 0.6 is 0 Å². The molecule has 1 aromatic rings. The first-order valence-electron chi connectivity index (χ1n) is 15.1. The van der Waals surface area contributed by atoms with Gasteiger partial charge in [-0.1, -0.05) is 65.0 Å². The number of benzene rings is 1. The first-order chi connectivity index (χ1) is 18.0. The van der Waals surface area contributed by atoms with E-state index in [0.29, 0.717) is 24.5 Å². The number of fused-ring (bicyclic) bond motifs is 3. The minimum Gasteiger partial charge on any atom is -0.543 e. The van der Waals surface area contributed by atoms with Gasteiger partial charge in [0.05, 0.1) is 13.0 Å². The largest absolute Gasteiger partial charge is 0.543 e. The van der Waals surface area contributed by atoms with Crippen LogP contribution in [0.25, 0.3) is 0 Å². The topological polar surface area (TPSA) is 65.0 Å². The van der Waals surface area contributed by atoms with Gasteiger partial charge in [-0.2, -0.15) is 0 Å². The number of hydrogen-bond donors (Lipinski definition) is 1. The molecule has 1 unspecified atom stereocenters. The van der Waals surface area contributed by atoms with Crippen molar-refractivity contribution in [2.24, 2.45) is 5.92 Å². The zero-order valence-electron chi connectivity index (χ0n) is 26.3. The van der Waals surface area contributed by atoms with Crippen molar-refractivity contribution in [1.82, 2.24) is 0 Å². The Morgan fingerprint density at radius 3 is 2.46 bits per heavy atom. The fourth-order valence-corrected chi connectivity index (χ4v) is 6.98. The van der Waals surface area contributed by atoms with Gasteiger partial charge in [-0.15, -0.1) is 0 Å². The Kier molecular flexibility index (Phi) is 9.75. The summed E-state index contributed by atoms with van der Waals surface area (Å²) < 4.78 is 19.1. The number of unbranched alkanes of at least 4 members (excludes halogenated alkanes) is 3. The van der Waals surface area contributed by atoms with Crippen LogP contribution in [0.4, 0.5) is 0 Å². The predicted octanol–water partition coefficient (Wildman–Crippen LogP) is 8.79. The Morgan fingerprint density at radius 1 is 1.15 bits per heavy atom. The van der Waals surface area contributed by atoms with Crippen molar-refractivity contribution in [2.45, 2.75) is 142 Å². The molecule has 0 amide bonds. The number of carbonyl (C=O) groups excluding carboxylic acids is 1. The summed E-state index contributed by atoms with van der Waals surface area (Å²) >= 11 is 0. The SMILES string of the molecule is CCCCCCC(O)(CC(=O)OCC)c1cc2c(c(O[Si](C)(C)C(C)(C)C)c1)[C@@H]1CC(C)=CC[C@H]1C(C)(C)O2. The van der Waals surface area contributed by atoms with Crippen LogP contribution in [0.2, 0.25) is 18.1 Å². The molecule has 220 valence electrons. The van der Waals surface area contributed by atoms with Crippen LogP contribution in [0.15, 0.2) is 23.8 Å². The van der Waals surface area contributed by atoms with Crippen molar-refractivity contribution < 1.29 is 23.8 Å². The molecule has 3 atom stereocenters. The van der Waals surface area contributed by atoms with E-state index in [2.05, 4.69) is 67.6 Å². The Hall–Kier alpha value is -1.79. The molecular formula is C33H54O5Si. The van der Waals surface area contributed by atoms with Crippen LogP contribution < -0.4 is 9.16 Å². The van der Waals surface area contributed by atoms with Gasteiger partial charge >= 0.3 is 5.97 Å². The average Bonchev–Trinajstić information content (AvgIpc) is 2.80. The normalized spacial score (nSPS) is 22.1. The molecule has 0 radical (unpaired) electrons. The molecule has 0 aromatic heterocycles. The number of allylic oxidation sites excluding steroid dienone is 2. The number of ether oxygens (including phenoxy) is 2. The highest BCUT2D eigenvalue weighted by molar-refractivity contribution is 6.74. The summed E-state index contributed by atoms with van der Waals surface area (Å²) in [6.45, 7) is 22.1. The minimum absolute atomic E-state index is 0.00779. The van der Waals surface area contributed by atoms with E-state index >= 15 is 0 Å². The van der Waals surface area contributed by atoms with Gasteiger partial charge in [-0.05, 0) is 82.8 Å². The highest BCUT2D eigenvalue weighted by Gasteiger charge is 2.48. The smallest absolute Gasteiger partial charge is 0.309 e. The van der Waals surface area contributed by atoms with E-state index in [9.17, 15) is 9.90 Å². The van der Waals surface area contributed by atoms with Crippen LogP contribution in [0.3, 0.4) is 0 Å². The van der Waals surface area contributed by atoms with E-state index in [1.807, 2.05) is 12.1 Å². The lowest BCUT2D eigenvalue weighted by Crippen LogP contribution is -2.47. The third kappa shape index (κ3) is 7.11. The molecule has 2 aliphatic rings. The lowest BCUT2D eigenvalue weighted by molar-refractivity contribution is -0.149. The molecule has 6 heteroatoms. The number of rotatable bonds is 11. The van der Waals surface area contributed by atoms with Crippen molar-refractivity contribution in [3.63, 3.8) is 0 Å². The summed E-state index contributed by atoms with van der Waals surface area (Å²) in [4.78, 5) is 12.7. The van der Waals surface area contributed by atoms with Gasteiger partial charge in [0.25, 0.3) is 0 Å². The maximum atomic E-state index is 12.7. The standard InChI is InChI=1S/C33H54O5Si/c1-11-13-14-15-18-33(35,22-29(34)36-12-2)24-20-27-30(28(21-24)38-39(9,10)31(4,5)6)25-19-23(3)16-17-26(25)32(7,8)37-27/h16,20-21,25-26,35H,11-15,17-19,22H2,1-10H3/t25-,26-,33?/m1/s1. The van der Waals surface area contributed by atoms with Crippen molar-refractivity contribution in [1.29, 1.82) is 0 Å². The fourth-order valence-electron chi connectivity index (χ4n) is 5.96. The molecule has 1 N–H and O–H groups in total. The van der Waals surface area contributed by atoms with Gasteiger partial charge in [0.1, 0.15) is 22.7 Å². The lowest BCUT2D eigenvalue weighted by Gasteiger charge is -2.48.